The van der Waals surface area contributed by atoms with Crippen LogP contribution in [0, 0.1) is 11.3 Å². The van der Waals surface area contributed by atoms with E-state index in [0.29, 0.717) is 12.1 Å². The van der Waals surface area contributed by atoms with Gasteiger partial charge in [0.15, 0.2) is 0 Å². The maximum Gasteiger partial charge on any atom is 0.0641 e. The topological polar surface area (TPSA) is 75.8 Å². The number of rotatable bonds is 2. The van der Waals surface area contributed by atoms with E-state index in [1.807, 2.05) is 16.8 Å². The molecule has 0 fully saturated rings. The van der Waals surface area contributed by atoms with Crippen LogP contribution in [-0.2, 0) is 0 Å². The van der Waals surface area contributed by atoms with Crippen molar-refractivity contribution in [3.8, 4) is 6.07 Å². The lowest BCUT2D eigenvalue weighted by molar-refractivity contribution is 0.754. The Bertz CT molecular complexity index is 273. The fraction of sp³-hybridized carbons (Fsp3) is 0.286. The van der Waals surface area contributed by atoms with Crippen LogP contribution in [0.3, 0.4) is 0 Å². The first-order valence-corrected chi connectivity index (χ1v) is 4.14. The fourth-order valence-corrected chi connectivity index (χ4v) is 1.63. The van der Waals surface area contributed by atoms with Crippen molar-refractivity contribution in [3.05, 3.63) is 16.3 Å². The molecule has 0 saturated heterocycles. The molecule has 1 heterocycles. The van der Waals surface area contributed by atoms with Crippen molar-refractivity contribution in [1.29, 1.82) is 5.26 Å². The van der Waals surface area contributed by atoms with Gasteiger partial charge in [-0.25, -0.2) is 0 Å². The highest BCUT2D eigenvalue weighted by molar-refractivity contribution is 7.08. The van der Waals surface area contributed by atoms with Gasteiger partial charge in [0.25, 0.3) is 0 Å². The molecule has 0 amide bonds. The number of anilines is 1. The van der Waals surface area contributed by atoms with Gasteiger partial charge in [-0.15, -0.1) is 11.3 Å². The van der Waals surface area contributed by atoms with Crippen LogP contribution in [0.2, 0.25) is 0 Å². The molecule has 1 aromatic rings. The Balaban J connectivity index is 2.77. The van der Waals surface area contributed by atoms with Crippen molar-refractivity contribution in [2.75, 3.05) is 5.73 Å². The average Bonchev–Trinajstić information content (AvgIpc) is 2.36. The first-order chi connectivity index (χ1) is 5.25. The molecule has 0 bridgehead atoms. The van der Waals surface area contributed by atoms with Crippen LogP contribution in [-0.4, -0.2) is 0 Å². The minimum absolute atomic E-state index is 0.230. The van der Waals surface area contributed by atoms with Crippen LogP contribution >= 0.6 is 11.3 Å². The second-order valence-electron chi connectivity index (χ2n) is 2.25. The summed E-state index contributed by atoms with van der Waals surface area (Å²) in [4.78, 5) is 0. The summed E-state index contributed by atoms with van der Waals surface area (Å²) in [5, 5.41) is 12.1. The Morgan fingerprint density at radius 3 is 2.82 bits per heavy atom. The lowest BCUT2D eigenvalue weighted by Crippen LogP contribution is -2.09. The van der Waals surface area contributed by atoms with Gasteiger partial charge in [-0.05, 0) is 5.38 Å². The van der Waals surface area contributed by atoms with Gasteiger partial charge >= 0.3 is 0 Å². The third-order valence-corrected chi connectivity index (χ3v) is 2.21. The summed E-state index contributed by atoms with van der Waals surface area (Å²) >= 11 is 1.51. The van der Waals surface area contributed by atoms with Crippen LogP contribution < -0.4 is 11.5 Å². The molecular weight excluding hydrogens is 158 g/mol. The van der Waals surface area contributed by atoms with E-state index in [0.717, 1.165) is 5.56 Å². The first kappa shape index (κ1) is 8.05. The molecule has 1 unspecified atom stereocenters. The summed E-state index contributed by atoms with van der Waals surface area (Å²) in [5.41, 5.74) is 12.8. The Kier molecular flexibility index (Phi) is 2.47. The third kappa shape index (κ3) is 1.70. The number of nitrogen functional groups attached to an aromatic ring is 1. The maximum atomic E-state index is 8.36. The number of nitrogens with zero attached hydrogens (tertiary/aromatic N) is 1. The molecule has 1 rings (SSSR count). The second-order valence-corrected chi connectivity index (χ2v) is 2.99. The monoisotopic (exact) mass is 167 g/mol. The molecule has 4 heteroatoms. The number of thiophene rings is 1. The number of nitriles is 1. The molecule has 0 spiro atoms. The van der Waals surface area contributed by atoms with E-state index in [1.54, 1.807) is 0 Å². The second kappa shape index (κ2) is 3.37. The van der Waals surface area contributed by atoms with Crippen molar-refractivity contribution in [2.24, 2.45) is 5.73 Å². The molecule has 0 aliphatic rings. The molecule has 58 valence electrons. The highest BCUT2D eigenvalue weighted by Crippen LogP contribution is 2.24. The van der Waals surface area contributed by atoms with Crippen molar-refractivity contribution < 1.29 is 0 Å². The molecule has 1 aromatic heterocycles. The zero-order chi connectivity index (χ0) is 8.27. The van der Waals surface area contributed by atoms with Gasteiger partial charge in [-0.2, -0.15) is 5.26 Å². The lowest BCUT2D eigenvalue weighted by atomic mass is 10.1. The van der Waals surface area contributed by atoms with Crippen molar-refractivity contribution in [1.82, 2.24) is 0 Å². The average molecular weight is 167 g/mol. The van der Waals surface area contributed by atoms with Crippen molar-refractivity contribution in [3.63, 3.8) is 0 Å². The SMILES string of the molecule is N#CCC(N)c1cscc1N. The van der Waals surface area contributed by atoms with E-state index in [-0.39, 0.29) is 6.04 Å². The van der Waals surface area contributed by atoms with E-state index in [4.69, 9.17) is 16.7 Å². The van der Waals surface area contributed by atoms with Gasteiger partial charge in [0, 0.05) is 22.7 Å². The van der Waals surface area contributed by atoms with E-state index >= 15 is 0 Å². The molecule has 0 aromatic carbocycles. The Morgan fingerprint density at radius 2 is 2.36 bits per heavy atom. The summed E-state index contributed by atoms with van der Waals surface area (Å²) in [6.07, 6.45) is 0.320. The van der Waals surface area contributed by atoms with Crippen molar-refractivity contribution in [2.45, 2.75) is 12.5 Å². The van der Waals surface area contributed by atoms with Crippen LogP contribution in [0.5, 0.6) is 0 Å². The molecule has 11 heavy (non-hydrogen) atoms. The summed E-state index contributed by atoms with van der Waals surface area (Å²) in [5.74, 6) is 0. The van der Waals surface area contributed by atoms with Crippen molar-refractivity contribution >= 4 is 17.0 Å². The van der Waals surface area contributed by atoms with Crippen LogP contribution in [0.15, 0.2) is 10.8 Å². The van der Waals surface area contributed by atoms with Crippen LogP contribution in [0.4, 0.5) is 5.69 Å². The maximum absolute atomic E-state index is 8.36. The van der Waals surface area contributed by atoms with Crippen LogP contribution in [0.1, 0.15) is 18.0 Å². The summed E-state index contributed by atoms with van der Waals surface area (Å²) in [6, 6.07) is 1.78. The van der Waals surface area contributed by atoms with E-state index in [1.165, 1.54) is 11.3 Å². The smallest absolute Gasteiger partial charge is 0.0641 e. The summed E-state index contributed by atoms with van der Waals surface area (Å²) in [7, 11) is 0. The van der Waals surface area contributed by atoms with Gasteiger partial charge in [-0.1, -0.05) is 0 Å². The Morgan fingerprint density at radius 1 is 1.64 bits per heavy atom. The molecular formula is C7H9N3S. The highest BCUT2D eigenvalue weighted by Gasteiger charge is 2.08. The Labute approximate surface area is 69.2 Å². The first-order valence-electron chi connectivity index (χ1n) is 3.19. The van der Waals surface area contributed by atoms with Gasteiger partial charge in [0.2, 0.25) is 0 Å². The van der Waals surface area contributed by atoms with E-state index < -0.39 is 0 Å². The number of hydrogen-bond donors (Lipinski definition) is 2. The highest BCUT2D eigenvalue weighted by atomic mass is 32.1. The minimum atomic E-state index is -0.230. The number of nitrogens with two attached hydrogens (primary N) is 2. The zero-order valence-electron chi connectivity index (χ0n) is 5.95. The largest absolute Gasteiger partial charge is 0.398 e. The fourth-order valence-electron chi connectivity index (χ4n) is 0.826. The predicted octanol–water partition coefficient (Wildman–Crippen LogP) is 1.24. The van der Waals surface area contributed by atoms with E-state index in [2.05, 4.69) is 0 Å². The Hall–Kier alpha value is -1.05. The summed E-state index contributed by atoms with van der Waals surface area (Å²) in [6.45, 7) is 0. The lowest BCUT2D eigenvalue weighted by Gasteiger charge is -2.04. The normalized spacial score (nSPS) is 12.4. The zero-order valence-corrected chi connectivity index (χ0v) is 6.77. The molecule has 0 aliphatic carbocycles. The molecule has 1 atom stereocenters. The van der Waals surface area contributed by atoms with Gasteiger partial charge in [-0.3, -0.25) is 0 Å². The third-order valence-electron chi connectivity index (χ3n) is 1.43. The standard InChI is InChI=1S/C7H9N3S/c8-2-1-6(9)5-3-11-4-7(5)10/h3-4,6H,1,9-10H2. The molecule has 3 nitrogen and oxygen atoms in total. The number of hydrogen-bond acceptors (Lipinski definition) is 4. The van der Waals surface area contributed by atoms with E-state index in [9.17, 15) is 0 Å². The van der Waals surface area contributed by atoms with Gasteiger partial charge in [0.05, 0.1) is 12.5 Å². The molecule has 0 saturated carbocycles. The van der Waals surface area contributed by atoms with Gasteiger partial charge < -0.3 is 11.5 Å². The summed E-state index contributed by atoms with van der Waals surface area (Å²) < 4.78 is 0. The quantitative estimate of drug-likeness (QED) is 0.695. The molecule has 0 radical (unpaired) electrons. The molecule has 4 N–H and O–H groups in total. The minimum Gasteiger partial charge on any atom is -0.398 e. The molecule has 0 aliphatic heterocycles. The van der Waals surface area contributed by atoms with Gasteiger partial charge in [0.1, 0.15) is 0 Å². The van der Waals surface area contributed by atoms with Crippen LogP contribution in [0.25, 0.3) is 0 Å². The predicted molar refractivity (Wildman–Crippen MR) is 45.9 cm³/mol.